The van der Waals surface area contributed by atoms with Gasteiger partial charge in [0.25, 0.3) is 0 Å². The van der Waals surface area contributed by atoms with Gasteiger partial charge < -0.3 is 14.2 Å². The number of hydrogen-bond acceptors (Lipinski definition) is 6. The first kappa shape index (κ1) is 47.4. The third-order valence-corrected chi connectivity index (χ3v) is 9.54. The van der Waals surface area contributed by atoms with Crippen molar-refractivity contribution in [3.05, 3.63) is 0 Å². The van der Waals surface area contributed by atoms with Gasteiger partial charge in [0.1, 0.15) is 13.2 Å². The van der Waals surface area contributed by atoms with E-state index in [-0.39, 0.29) is 31.1 Å². The van der Waals surface area contributed by atoms with Crippen molar-refractivity contribution in [2.75, 3.05) is 13.2 Å². The number of unbranched alkanes of at least 4 members (excludes halogenated alkanes) is 25. The summed E-state index contributed by atoms with van der Waals surface area (Å²) >= 11 is 0. The molecule has 0 aliphatic heterocycles. The fourth-order valence-electron chi connectivity index (χ4n) is 6.27. The zero-order valence-corrected chi connectivity index (χ0v) is 33.1. The molecule has 0 radical (unpaired) electrons. The van der Waals surface area contributed by atoms with Crippen LogP contribution in [0.3, 0.4) is 0 Å². The van der Waals surface area contributed by atoms with E-state index in [0.717, 1.165) is 70.1 Å². The Morgan fingerprint density at radius 3 is 1.00 bits per heavy atom. The van der Waals surface area contributed by atoms with Gasteiger partial charge in [-0.3, -0.25) is 14.4 Å². The Morgan fingerprint density at radius 1 is 0.388 bits per heavy atom. The molecule has 0 fully saturated rings. The Kier molecular flexibility index (Phi) is 36.4. The molecule has 0 saturated heterocycles. The Balaban J connectivity index is 4.13. The van der Waals surface area contributed by atoms with Gasteiger partial charge in [-0.2, -0.15) is 0 Å². The highest BCUT2D eigenvalue weighted by Crippen LogP contribution is 2.16. The number of ether oxygens (including phenoxy) is 3. The summed E-state index contributed by atoms with van der Waals surface area (Å²) in [6.45, 7) is 8.83. The van der Waals surface area contributed by atoms with E-state index in [9.17, 15) is 14.4 Å². The molecule has 0 aliphatic rings. The number of esters is 3. The van der Waals surface area contributed by atoms with E-state index < -0.39 is 6.10 Å². The van der Waals surface area contributed by atoms with Crippen LogP contribution in [0.25, 0.3) is 0 Å². The molecule has 0 saturated carbocycles. The van der Waals surface area contributed by atoms with Gasteiger partial charge in [0.2, 0.25) is 0 Å². The molecular weight excluding hydrogens is 612 g/mol. The standard InChI is InChI=1S/C43H82O6/c1-5-7-9-11-12-13-14-15-16-17-18-19-20-21-22-27-31-35-42(45)48-38-40(37-47-41(44)34-30-25-10-8-6-2)49-43(46)36-32-28-24-23-26-29-33-39(3)4/h39-40H,5-38H2,1-4H3/t40-/m0/s1. The van der Waals surface area contributed by atoms with Gasteiger partial charge in [-0.25, -0.2) is 0 Å². The predicted octanol–water partition coefficient (Wildman–Crippen LogP) is 13.2. The molecule has 0 N–H and O–H groups in total. The Hall–Kier alpha value is -1.59. The lowest BCUT2D eigenvalue weighted by Crippen LogP contribution is -2.30. The highest BCUT2D eigenvalue weighted by atomic mass is 16.6. The van der Waals surface area contributed by atoms with Crippen molar-refractivity contribution in [2.24, 2.45) is 5.92 Å². The second kappa shape index (κ2) is 37.7. The van der Waals surface area contributed by atoms with Crippen LogP contribution in [0.1, 0.15) is 233 Å². The number of carbonyl (C=O) groups excluding carboxylic acids is 3. The maximum absolute atomic E-state index is 12.6. The van der Waals surface area contributed by atoms with Gasteiger partial charge in [-0.05, 0) is 25.2 Å². The van der Waals surface area contributed by atoms with Crippen molar-refractivity contribution < 1.29 is 28.6 Å². The van der Waals surface area contributed by atoms with E-state index in [4.69, 9.17) is 14.2 Å². The van der Waals surface area contributed by atoms with Crippen LogP contribution < -0.4 is 0 Å². The van der Waals surface area contributed by atoms with Gasteiger partial charge in [0.05, 0.1) is 0 Å². The second-order valence-corrected chi connectivity index (χ2v) is 15.1. The highest BCUT2D eigenvalue weighted by Gasteiger charge is 2.19. The summed E-state index contributed by atoms with van der Waals surface area (Å²) < 4.78 is 16.5. The van der Waals surface area contributed by atoms with Crippen molar-refractivity contribution in [1.82, 2.24) is 0 Å². The molecule has 1 atom stereocenters. The van der Waals surface area contributed by atoms with E-state index >= 15 is 0 Å². The van der Waals surface area contributed by atoms with Crippen molar-refractivity contribution in [2.45, 2.75) is 239 Å². The minimum Gasteiger partial charge on any atom is -0.462 e. The number of hydrogen-bond donors (Lipinski definition) is 0. The van der Waals surface area contributed by atoms with Crippen molar-refractivity contribution >= 4 is 17.9 Å². The summed E-state index contributed by atoms with van der Waals surface area (Å²) in [5, 5.41) is 0. The third-order valence-electron chi connectivity index (χ3n) is 9.54. The molecule has 0 spiro atoms. The smallest absolute Gasteiger partial charge is 0.306 e. The first-order chi connectivity index (χ1) is 23.9. The summed E-state index contributed by atoms with van der Waals surface area (Å²) in [6, 6.07) is 0. The maximum atomic E-state index is 12.6. The van der Waals surface area contributed by atoms with Crippen LogP contribution in [-0.4, -0.2) is 37.2 Å². The molecule has 6 nitrogen and oxygen atoms in total. The SMILES string of the molecule is CCCCCCCCCCCCCCCCCCCC(=O)OC[C@H](COC(=O)CCCCCCC)OC(=O)CCCCCCCCC(C)C. The summed E-state index contributed by atoms with van der Waals surface area (Å²) in [6.07, 6.45) is 35.6. The van der Waals surface area contributed by atoms with E-state index in [1.807, 2.05) is 0 Å². The molecule has 0 aromatic heterocycles. The lowest BCUT2D eigenvalue weighted by Gasteiger charge is -2.18. The fraction of sp³-hybridized carbons (Fsp3) is 0.930. The summed E-state index contributed by atoms with van der Waals surface area (Å²) in [5.41, 5.74) is 0. The van der Waals surface area contributed by atoms with E-state index in [0.29, 0.717) is 19.3 Å². The molecule has 0 aromatic carbocycles. The molecule has 0 aliphatic carbocycles. The Bertz CT molecular complexity index is 736. The summed E-state index contributed by atoms with van der Waals surface area (Å²) in [7, 11) is 0. The topological polar surface area (TPSA) is 78.9 Å². The molecular formula is C43H82O6. The van der Waals surface area contributed by atoms with Crippen LogP contribution in [0.5, 0.6) is 0 Å². The van der Waals surface area contributed by atoms with Gasteiger partial charge >= 0.3 is 17.9 Å². The molecule has 49 heavy (non-hydrogen) atoms. The summed E-state index contributed by atoms with van der Waals surface area (Å²) in [5.74, 6) is -0.119. The minimum atomic E-state index is -0.757. The molecule has 0 aromatic rings. The van der Waals surface area contributed by atoms with Crippen molar-refractivity contribution in [1.29, 1.82) is 0 Å². The number of rotatable bonds is 38. The lowest BCUT2D eigenvalue weighted by atomic mass is 10.0. The molecule has 0 amide bonds. The zero-order valence-electron chi connectivity index (χ0n) is 33.1. The Labute approximate surface area is 304 Å². The second-order valence-electron chi connectivity index (χ2n) is 15.1. The third kappa shape index (κ3) is 37.5. The van der Waals surface area contributed by atoms with Crippen LogP contribution in [0.4, 0.5) is 0 Å². The molecule has 0 unspecified atom stereocenters. The average molecular weight is 695 g/mol. The average Bonchev–Trinajstić information content (AvgIpc) is 3.08. The monoisotopic (exact) mass is 695 g/mol. The normalized spacial score (nSPS) is 11.9. The van der Waals surface area contributed by atoms with Gasteiger partial charge in [-0.15, -0.1) is 0 Å². The largest absolute Gasteiger partial charge is 0.462 e. The maximum Gasteiger partial charge on any atom is 0.306 e. The molecule has 0 rings (SSSR count). The molecule has 6 heteroatoms. The molecule has 0 bridgehead atoms. The van der Waals surface area contributed by atoms with Crippen LogP contribution >= 0.6 is 0 Å². The molecule has 0 heterocycles. The minimum absolute atomic E-state index is 0.0663. The van der Waals surface area contributed by atoms with Crippen LogP contribution in [0.15, 0.2) is 0 Å². The van der Waals surface area contributed by atoms with Crippen molar-refractivity contribution in [3.63, 3.8) is 0 Å². The van der Waals surface area contributed by atoms with Crippen LogP contribution in [-0.2, 0) is 28.6 Å². The highest BCUT2D eigenvalue weighted by molar-refractivity contribution is 5.71. The quantitative estimate of drug-likeness (QED) is 0.0364. The summed E-state index contributed by atoms with van der Waals surface area (Å²) in [4.78, 5) is 37.3. The van der Waals surface area contributed by atoms with Gasteiger partial charge in [-0.1, -0.05) is 195 Å². The van der Waals surface area contributed by atoms with Gasteiger partial charge in [0, 0.05) is 19.3 Å². The van der Waals surface area contributed by atoms with Gasteiger partial charge in [0.15, 0.2) is 6.10 Å². The lowest BCUT2D eigenvalue weighted by molar-refractivity contribution is -0.167. The Morgan fingerprint density at radius 2 is 0.673 bits per heavy atom. The first-order valence-electron chi connectivity index (χ1n) is 21.4. The number of carbonyl (C=O) groups is 3. The van der Waals surface area contributed by atoms with E-state index in [1.165, 1.54) is 122 Å². The van der Waals surface area contributed by atoms with Crippen molar-refractivity contribution in [3.8, 4) is 0 Å². The fourth-order valence-corrected chi connectivity index (χ4v) is 6.27. The zero-order chi connectivity index (χ0) is 36.0. The van der Waals surface area contributed by atoms with Crippen LogP contribution in [0, 0.1) is 5.92 Å². The van der Waals surface area contributed by atoms with Crippen LogP contribution in [0.2, 0.25) is 0 Å². The van der Waals surface area contributed by atoms with E-state index in [1.54, 1.807) is 0 Å². The van der Waals surface area contributed by atoms with E-state index in [2.05, 4.69) is 27.7 Å². The predicted molar refractivity (Wildman–Crippen MR) is 206 cm³/mol. The first-order valence-corrected chi connectivity index (χ1v) is 21.4. The molecule has 290 valence electrons.